The molecule has 4 rings (SSSR count). The van der Waals surface area contributed by atoms with E-state index in [2.05, 4.69) is 13.8 Å². The molecule has 1 spiro atoms. The van der Waals surface area contributed by atoms with Gasteiger partial charge in [-0.05, 0) is 51.9 Å². The fourth-order valence-corrected chi connectivity index (χ4v) is 5.21. The third kappa shape index (κ3) is 1.14. The van der Waals surface area contributed by atoms with Crippen molar-refractivity contribution in [2.75, 3.05) is 0 Å². The van der Waals surface area contributed by atoms with E-state index < -0.39 is 0 Å². The lowest BCUT2D eigenvalue weighted by Gasteiger charge is -2.57. The van der Waals surface area contributed by atoms with Crippen LogP contribution in [0.4, 0.5) is 0 Å². The predicted octanol–water partition coefficient (Wildman–Crippen LogP) is 2.29. The molecule has 3 aliphatic carbocycles. The van der Waals surface area contributed by atoms with Crippen molar-refractivity contribution in [1.29, 1.82) is 0 Å². The molecule has 3 saturated carbocycles. The molecule has 4 aliphatic rings. The first-order chi connectivity index (χ1) is 8.03. The Labute approximate surface area is 102 Å². The highest BCUT2D eigenvalue weighted by Gasteiger charge is 2.72. The molecule has 0 N–H and O–H groups in total. The molecule has 4 fully saturated rings. The monoisotopic (exact) mass is 236 g/mol. The molecule has 0 radical (unpaired) electrons. The van der Waals surface area contributed by atoms with E-state index >= 15 is 0 Å². The summed E-state index contributed by atoms with van der Waals surface area (Å²) in [6.07, 6.45) is 5.83. The van der Waals surface area contributed by atoms with Crippen LogP contribution in [-0.4, -0.2) is 23.8 Å². The highest BCUT2D eigenvalue weighted by Crippen LogP contribution is 2.71. The average Bonchev–Trinajstić information content (AvgIpc) is 2.42. The fraction of sp³-hybridized carbons (Fsp3) is 0.929. The predicted molar refractivity (Wildman–Crippen MR) is 61.3 cm³/mol. The van der Waals surface area contributed by atoms with Crippen LogP contribution in [0.25, 0.3) is 0 Å². The van der Waals surface area contributed by atoms with E-state index in [0.717, 1.165) is 38.0 Å². The summed E-state index contributed by atoms with van der Waals surface area (Å²) in [7, 11) is 0. The number of carbonyl (C=O) groups excluding carboxylic acids is 1. The van der Waals surface area contributed by atoms with Crippen LogP contribution in [0.3, 0.4) is 0 Å². The number of hydrogen-bond acceptors (Lipinski definition) is 3. The van der Waals surface area contributed by atoms with Crippen molar-refractivity contribution >= 4 is 5.97 Å². The topological polar surface area (TPSA) is 35.5 Å². The first-order valence-corrected chi connectivity index (χ1v) is 6.91. The minimum absolute atomic E-state index is 0.00403. The second kappa shape index (κ2) is 2.87. The van der Waals surface area contributed by atoms with Crippen LogP contribution in [0.1, 0.15) is 46.0 Å². The third-order valence-electron chi connectivity index (χ3n) is 5.54. The summed E-state index contributed by atoms with van der Waals surface area (Å²) in [5.41, 5.74) is 0.307. The third-order valence-corrected chi connectivity index (χ3v) is 5.54. The molecule has 0 amide bonds. The molecular weight excluding hydrogens is 216 g/mol. The summed E-state index contributed by atoms with van der Waals surface area (Å²) in [4.78, 5) is 11.9. The van der Waals surface area contributed by atoms with Crippen LogP contribution in [0.5, 0.6) is 0 Å². The van der Waals surface area contributed by atoms with Crippen LogP contribution in [0, 0.1) is 17.3 Å². The van der Waals surface area contributed by atoms with Gasteiger partial charge in [0, 0.05) is 5.41 Å². The molecular formula is C14H20O3. The lowest BCUT2D eigenvalue weighted by molar-refractivity contribution is -0.222. The van der Waals surface area contributed by atoms with Gasteiger partial charge in [0.25, 0.3) is 0 Å². The van der Waals surface area contributed by atoms with E-state index in [9.17, 15) is 4.79 Å². The Bertz CT molecular complexity index is 391. The molecule has 3 heteroatoms. The fourth-order valence-electron chi connectivity index (χ4n) is 5.21. The van der Waals surface area contributed by atoms with Crippen LogP contribution >= 0.6 is 0 Å². The average molecular weight is 236 g/mol. The van der Waals surface area contributed by atoms with Gasteiger partial charge in [0.1, 0.15) is 6.10 Å². The zero-order chi connectivity index (χ0) is 11.8. The Morgan fingerprint density at radius 1 is 1.35 bits per heavy atom. The van der Waals surface area contributed by atoms with Crippen LogP contribution in [0.2, 0.25) is 0 Å². The summed E-state index contributed by atoms with van der Waals surface area (Å²) in [5.74, 6) is 0.913. The molecule has 17 heavy (non-hydrogen) atoms. The van der Waals surface area contributed by atoms with Gasteiger partial charge >= 0.3 is 5.97 Å². The van der Waals surface area contributed by atoms with E-state index in [1.807, 2.05) is 0 Å². The van der Waals surface area contributed by atoms with Gasteiger partial charge in [-0.2, -0.15) is 0 Å². The van der Waals surface area contributed by atoms with Gasteiger partial charge in [0.2, 0.25) is 0 Å². The smallest absolute Gasteiger partial charge is 0.309 e. The molecule has 3 nitrogen and oxygen atoms in total. The molecule has 5 atom stereocenters. The maximum absolute atomic E-state index is 11.9. The first-order valence-electron chi connectivity index (χ1n) is 6.91. The Balaban J connectivity index is 1.71. The Morgan fingerprint density at radius 3 is 2.94 bits per heavy atom. The number of rotatable bonds is 2. The molecule has 3 bridgehead atoms. The van der Waals surface area contributed by atoms with Crippen molar-refractivity contribution in [3.8, 4) is 0 Å². The van der Waals surface area contributed by atoms with E-state index in [1.54, 1.807) is 0 Å². The first kappa shape index (κ1) is 10.4. The highest BCUT2D eigenvalue weighted by atomic mass is 16.6. The normalized spacial score (nSPS) is 54.5. The maximum Gasteiger partial charge on any atom is 0.309 e. The van der Waals surface area contributed by atoms with Crippen LogP contribution in [-0.2, 0) is 14.3 Å². The zero-order valence-electron chi connectivity index (χ0n) is 10.6. The second-order valence-corrected chi connectivity index (χ2v) is 6.93. The molecule has 0 aromatic rings. The standard InChI is InChI=1S/C14H20O3/c1-8(2)17-13-4-9-5-14(7-13)10(6-13)3-11(14)16-12(9)15/h8-11H,3-7H2,1-2H3. The number of hydrogen-bond donors (Lipinski definition) is 0. The van der Waals surface area contributed by atoms with Gasteiger partial charge in [-0.15, -0.1) is 0 Å². The van der Waals surface area contributed by atoms with Gasteiger partial charge in [-0.3, -0.25) is 4.79 Å². The minimum Gasteiger partial charge on any atom is -0.462 e. The Kier molecular flexibility index (Phi) is 1.75. The van der Waals surface area contributed by atoms with Crippen molar-refractivity contribution in [2.45, 2.75) is 63.8 Å². The number of ether oxygens (including phenoxy) is 2. The second-order valence-electron chi connectivity index (χ2n) is 6.93. The van der Waals surface area contributed by atoms with Gasteiger partial charge in [0.15, 0.2) is 0 Å². The number of fused-ring (bicyclic) bond motifs is 2. The van der Waals surface area contributed by atoms with Crippen molar-refractivity contribution in [2.24, 2.45) is 17.3 Å². The summed E-state index contributed by atoms with van der Waals surface area (Å²) in [6, 6.07) is 0. The Morgan fingerprint density at radius 2 is 2.18 bits per heavy atom. The summed E-state index contributed by atoms with van der Waals surface area (Å²) in [6.45, 7) is 4.21. The van der Waals surface area contributed by atoms with Crippen molar-refractivity contribution in [3.63, 3.8) is 0 Å². The van der Waals surface area contributed by atoms with Gasteiger partial charge in [-0.25, -0.2) is 0 Å². The molecule has 0 aromatic heterocycles. The summed E-state index contributed by atoms with van der Waals surface area (Å²) < 4.78 is 11.8. The summed E-state index contributed by atoms with van der Waals surface area (Å²) in [5, 5.41) is 0. The zero-order valence-corrected chi connectivity index (χ0v) is 10.6. The molecule has 94 valence electrons. The van der Waals surface area contributed by atoms with E-state index in [4.69, 9.17) is 9.47 Å². The van der Waals surface area contributed by atoms with Gasteiger partial charge < -0.3 is 9.47 Å². The van der Waals surface area contributed by atoms with Crippen molar-refractivity contribution < 1.29 is 14.3 Å². The van der Waals surface area contributed by atoms with E-state index in [-0.39, 0.29) is 29.7 Å². The largest absolute Gasteiger partial charge is 0.462 e. The van der Waals surface area contributed by atoms with Crippen molar-refractivity contribution in [1.82, 2.24) is 0 Å². The maximum atomic E-state index is 11.9. The van der Waals surface area contributed by atoms with Crippen LogP contribution < -0.4 is 0 Å². The highest BCUT2D eigenvalue weighted by molar-refractivity contribution is 5.75. The van der Waals surface area contributed by atoms with Crippen molar-refractivity contribution in [3.05, 3.63) is 0 Å². The quantitative estimate of drug-likeness (QED) is 0.690. The summed E-state index contributed by atoms with van der Waals surface area (Å²) >= 11 is 0. The molecule has 1 heterocycles. The SMILES string of the molecule is CC(C)OC12CC3CC4(C1)C(CC4OC3=O)C2. The molecule has 0 aromatic carbocycles. The Hall–Kier alpha value is -0.570. The lowest BCUT2D eigenvalue weighted by atomic mass is 9.53. The number of esters is 1. The van der Waals surface area contributed by atoms with Crippen LogP contribution in [0.15, 0.2) is 0 Å². The van der Waals surface area contributed by atoms with E-state index in [1.165, 1.54) is 0 Å². The molecule has 1 aliphatic heterocycles. The van der Waals surface area contributed by atoms with Gasteiger partial charge in [0.05, 0.1) is 17.6 Å². The van der Waals surface area contributed by atoms with Gasteiger partial charge in [-0.1, -0.05) is 0 Å². The number of carbonyl (C=O) groups is 1. The minimum atomic E-state index is -0.00403. The lowest BCUT2D eigenvalue weighted by Crippen LogP contribution is -2.60. The molecule has 5 unspecified atom stereocenters. The van der Waals surface area contributed by atoms with E-state index in [0.29, 0.717) is 5.41 Å². The molecule has 1 saturated heterocycles.